The molecule has 1 aromatic heterocycles. The number of aromatic carboxylic acids is 1. The summed E-state index contributed by atoms with van der Waals surface area (Å²) in [6.07, 6.45) is 0. The molecule has 6 nitrogen and oxygen atoms in total. The van der Waals surface area contributed by atoms with Crippen LogP contribution in [0.3, 0.4) is 0 Å². The van der Waals surface area contributed by atoms with Crippen molar-refractivity contribution in [2.45, 2.75) is 19.7 Å². The molecule has 1 aromatic carbocycles. The Labute approximate surface area is 131 Å². The number of nitrogens with zero attached hydrogens (tertiary/aromatic N) is 1. The molecule has 0 fully saturated rings. The van der Waals surface area contributed by atoms with E-state index in [9.17, 15) is 19.1 Å². The summed E-state index contributed by atoms with van der Waals surface area (Å²) in [4.78, 5) is 23.6. The van der Waals surface area contributed by atoms with Gasteiger partial charge >= 0.3 is 5.97 Å². The highest BCUT2D eigenvalue weighted by molar-refractivity contribution is 5.97. The Kier molecular flexibility index (Phi) is 4.12. The summed E-state index contributed by atoms with van der Waals surface area (Å²) < 4.78 is 19.8. The number of carboxylic acids is 1. The number of carboxylic acid groups (broad SMARTS) is 1. The lowest BCUT2D eigenvalue weighted by Crippen LogP contribution is -2.28. The van der Waals surface area contributed by atoms with E-state index in [0.29, 0.717) is 24.5 Å². The van der Waals surface area contributed by atoms with Gasteiger partial charge in [-0.15, -0.1) is 0 Å². The normalized spacial score (nSPS) is 13.4. The number of rotatable bonds is 4. The molecule has 0 saturated carbocycles. The molecule has 2 aromatic rings. The van der Waals surface area contributed by atoms with E-state index < -0.39 is 5.97 Å². The van der Waals surface area contributed by atoms with Crippen molar-refractivity contribution in [3.8, 4) is 0 Å². The maximum absolute atomic E-state index is 12.9. The molecule has 1 aliphatic rings. The number of benzene rings is 1. The number of fused-ring (bicyclic) bond motifs is 1. The second kappa shape index (κ2) is 6.21. The van der Waals surface area contributed by atoms with Crippen molar-refractivity contribution in [2.75, 3.05) is 6.61 Å². The lowest BCUT2D eigenvalue weighted by Gasteiger charge is -2.18. The molecule has 0 aliphatic carbocycles. The first kappa shape index (κ1) is 15.2. The summed E-state index contributed by atoms with van der Waals surface area (Å²) in [5.74, 6) is -1.80. The van der Waals surface area contributed by atoms with Crippen molar-refractivity contribution < 1.29 is 23.8 Å². The number of aromatic nitrogens is 1. The number of carbonyl (C=O) groups is 2. The van der Waals surface area contributed by atoms with Gasteiger partial charge in [0.15, 0.2) is 0 Å². The highest BCUT2D eigenvalue weighted by Crippen LogP contribution is 2.21. The number of halogens is 1. The van der Waals surface area contributed by atoms with Crippen LogP contribution < -0.4 is 5.32 Å². The van der Waals surface area contributed by atoms with Gasteiger partial charge in [-0.2, -0.15) is 0 Å². The zero-order valence-corrected chi connectivity index (χ0v) is 12.2. The molecule has 0 spiro atoms. The summed E-state index contributed by atoms with van der Waals surface area (Å²) in [6, 6.07) is 7.17. The molecule has 0 atom stereocenters. The largest absolute Gasteiger partial charge is 0.478 e. The Morgan fingerprint density at radius 3 is 2.74 bits per heavy atom. The molecule has 0 radical (unpaired) electrons. The molecule has 3 rings (SSSR count). The molecule has 1 amide bonds. The topological polar surface area (TPSA) is 80.6 Å². The van der Waals surface area contributed by atoms with Crippen molar-refractivity contribution >= 4 is 11.9 Å². The Balaban J connectivity index is 1.79. The van der Waals surface area contributed by atoms with Gasteiger partial charge in [-0.25, -0.2) is 9.18 Å². The Hall–Kier alpha value is -2.67. The van der Waals surface area contributed by atoms with Crippen LogP contribution >= 0.6 is 0 Å². The van der Waals surface area contributed by atoms with Crippen LogP contribution in [0.2, 0.25) is 0 Å². The molecule has 120 valence electrons. The fourth-order valence-electron chi connectivity index (χ4n) is 2.57. The molecular weight excluding hydrogens is 303 g/mol. The Bertz CT molecular complexity index is 752. The lowest BCUT2D eigenvalue weighted by molar-refractivity contribution is 0.0656. The van der Waals surface area contributed by atoms with Gasteiger partial charge in [0.2, 0.25) is 0 Å². The quantitative estimate of drug-likeness (QED) is 0.900. The molecule has 23 heavy (non-hydrogen) atoms. The molecule has 0 bridgehead atoms. The SMILES string of the molecule is O=C(O)c1cc(C(=O)NCc2ccc(F)cc2)n2c1COCC2. The average molecular weight is 318 g/mol. The molecule has 2 N–H and O–H groups in total. The van der Waals surface area contributed by atoms with Gasteiger partial charge in [0.05, 0.1) is 24.5 Å². The van der Waals surface area contributed by atoms with E-state index in [2.05, 4.69) is 5.32 Å². The average Bonchev–Trinajstić information content (AvgIpc) is 2.94. The Morgan fingerprint density at radius 1 is 1.30 bits per heavy atom. The Morgan fingerprint density at radius 2 is 2.04 bits per heavy atom. The third-order valence-electron chi connectivity index (χ3n) is 3.74. The predicted molar refractivity (Wildman–Crippen MR) is 78.6 cm³/mol. The number of carbonyl (C=O) groups excluding carboxylic acids is 1. The van der Waals surface area contributed by atoms with Crippen molar-refractivity contribution in [3.05, 3.63) is 58.7 Å². The predicted octanol–water partition coefficient (Wildman–Crippen LogP) is 1.79. The van der Waals surface area contributed by atoms with Gasteiger partial charge in [0.25, 0.3) is 5.91 Å². The van der Waals surface area contributed by atoms with Crippen LogP contribution in [0, 0.1) is 5.82 Å². The van der Waals surface area contributed by atoms with Crippen LogP contribution in [0.1, 0.15) is 32.1 Å². The van der Waals surface area contributed by atoms with Gasteiger partial charge in [0.1, 0.15) is 11.5 Å². The van der Waals surface area contributed by atoms with Gasteiger partial charge in [-0.3, -0.25) is 4.79 Å². The third kappa shape index (κ3) is 3.09. The van der Waals surface area contributed by atoms with Crippen molar-refractivity contribution in [2.24, 2.45) is 0 Å². The highest BCUT2D eigenvalue weighted by Gasteiger charge is 2.25. The van der Waals surface area contributed by atoms with E-state index in [-0.39, 0.29) is 30.4 Å². The van der Waals surface area contributed by atoms with E-state index >= 15 is 0 Å². The van der Waals surface area contributed by atoms with Gasteiger partial charge < -0.3 is 19.7 Å². The van der Waals surface area contributed by atoms with E-state index in [4.69, 9.17) is 4.74 Å². The van der Waals surface area contributed by atoms with Crippen LogP contribution in [-0.4, -0.2) is 28.2 Å². The minimum Gasteiger partial charge on any atom is -0.478 e. The zero-order chi connectivity index (χ0) is 16.4. The van der Waals surface area contributed by atoms with E-state index in [0.717, 1.165) is 5.56 Å². The van der Waals surface area contributed by atoms with E-state index in [1.807, 2.05) is 0 Å². The molecule has 1 aliphatic heterocycles. The van der Waals surface area contributed by atoms with Crippen LogP contribution in [0.25, 0.3) is 0 Å². The number of hydrogen-bond donors (Lipinski definition) is 2. The summed E-state index contributed by atoms with van der Waals surface area (Å²) in [7, 11) is 0. The van der Waals surface area contributed by atoms with Crippen molar-refractivity contribution in [3.63, 3.8) is 0 Å². The zero-order valence-electron chi connectivity index (χ0n) is 12.2. The van der Waals surface area contributed by atoms with Crippen LogP contribution in [0.4, 0.5) is 4.39 Å². The second-order valence-corrected chi connectivity index (χ2v) is 5.21. The number of amides is 1. The lowest BCUT2D eigenvalue weighted by atomic mass is 10.2. The van der Waals surface area contributed by atoms with Gasteiger partial charge in [0, 0.05) is 13.1 Å². The minimum absolute atomic E-state index is 0.0802. The second-order valence-electron chi connectivity index (χ2n) is 5.21. The van der Waals surface area contributed by atoms with Crippen LogP contribution in [0.5, 0.6) is 0 Å². The van der Waals surface area contributed by atoms with E-state index in [1.54, 1.807) is 16.7 Å². The van der Waals surface area contributed by atoms with Crippen LogP contribution in [-0.2, 0) is 24.4 Å². The summed E-state index contributed by atoms with van der Waals surface area (Å²) in [5, 5.41) is 12.0. The molecule has 0 saturated heterocycles. The van der Waals surface area contributed by atoms with Gasteiger partial charge in [-0.05, 0) is 23.8 Å². The van der Waals surface area contributed by atoms with Crippen molar-refractivity contribution in [1.82, 2.24) is 9.88 Å². The first-order chi connectivity index (χ1) is 11.1. The summed E-state index contributed by atoms with van der Waals surface area (Å²) in [5.41, 5.74) is 1.63. The fourth-order valence-corrected chi connectivity index (χ4v) is 2.57. The van der Waals surface area contributed by atoms with Crippen LogP contribution in [0.15, 0.2) is 30.3 Å². The molecule has 2 heterocycles. The maximum atomic E-state index is 12.9. The smallest absolute Gasteiger partial charge is 0.337 e. The summed E-state index contributed by atoms with van der Waals surface area (Å²) in [6.45, 7) is 1.27. The third-order valence-corrected chi connectivity index (χ3v) is 3.74. The first-order valence-electron chi connectivity index (χ1n) is 7.12. The first-order valence-corrected chi connectivity index (χ1v) is 7.12. The van der Waals surface area contributed by atoms with Crippen molar-refractivity contribution in [1.29, 1.82) is 0 Å². The number of hydrogen-bond acceptors (Lipinski definition) is 3. The summed E-state index contributed by atoms with van der Waals surface area (Å²) >= 11 is 0. The highest BCUT2D eigenvalue weighted by atomic mass is 19.1. The molecule has 7 heteroatoms. The van der Waals surface area contributed by atoms with E-state index in [1.165, 1.54) is 18.2 Å². The van der Waals surface area contributed by atoms with Gasteiger partial charge in [-0.1, -0.05) is 12.1 Å². The standard InChI is InChI=1S/C16H15FN2O4/c17-11-3-1-10(2-4-11)8-18-15(20)13-7-12(16(21)22)14-9-23-6-5-19(13)14/h1-4,7H,5-6,8-9H2,(H,18,20)(H,21,22). The minimum atomic E-state index is -1.09. The monoisotopic (exact) mass is 318 g/mol. The fraction of sp³-hybridized carbons (Fsp3) is 0.250. The number of nitrogens with one attached hydrogen (secondary N) is 1. The molecule has 0 unspecified atom stereocenters. The number of ether oxygens (including phenoxy) is 1. The maximum Gasteiger partial charge on any atom is 0.337 e. The molecular formula is C16H15FN2O4.